The summed E-state index contributed by atoms with van der Waals surface area (Å²) >= 11 is 0. The normalized spacial score (nSPS) is 26.1. The molecule has 0 radical (unpaired) electrons. The van der Waals surface area contributed by atoms with Gasteiger partial charge in [-0.1, -0.05) is 0 Å². The number of hydrogen-bond donors (Lipinski definition) is 2. The van der Waals surface area contributed by atoms with Crippen LogP contribution < -0.4 is 0 Å². The number of aliphatic carboxylic acids is 1. The average Bonchev–Trinajstić information content (AvgIpc) is 3.17. The van der Waals surface area contributed by atoms with Crippen LogP contribution in [0.2, 0.25) is 0 Å². The van der Waals surface area contributed by atoms with Gasteiger partial charge in [0.05, 0.1) is 19.6 Å². The molecule has 2 saturated heterocycles. The highest BCUT2D eigenvalue weighted by atomic mass is 16.7. The molecule has 2 N–H and O–H groups in total. The third-order valence-electron chi connectivity index (χ3n) is 5.86. The standard InChI is InChI=1S/C17H27NO6/c19-11-13(10-15(21)22)9-14(20)18-6-5-16(12-18)1-3-17(4-2-16)23-7-8-24-17/h13,19H,1-12H2,(H,21,22). The van der Waals surface area contributed by atoms with Crippen molar-refractivity contribution < 1.29 is 29.3 Å². The first-order chi connectivity index (χ1) is 11.5. The SMILES string of the molecule is O=C(O)CC(CO)CC(=O)N1CCC2(CCC3(CC2)OCCO3)C1. The van der Waals surface area contributed by atoms with Crippen LogP contribution in [0.4, 0.5) is 0 Å². The Hall–Kier alpha value is -1.18. The van der Waals surface area contributed by atoms with Gasteiger partial charge in [0.2, 0.25) is 5.91 Å². The second-order valence-corrected chi connectivity index (χ2v) is 7.52. The summed E-state index contributed by atoms with van der Waals surface area (Å²) < 4.78 is 11.6. The van der Waals surface area contributed by atoms with Gasteiger partial charge in [-0.15, -0.1) is 0 Å². The smallest absolute Gasteiger partial charge is 0.303 e. The van der Waals surface area contributed by atoms with Crippen LogP contribution in [0.25, 0.3) is 0 Å². The molecule has 1 atom stereocenters. The van der Waals surface area contributed by atoms with Crippen molar-refractivity contribution in [2.45, 2.75) is 50.7 Å². The lowest BCUT2D eigenvalue weighted by Crippen LogP contribution is -2.42. The molecule has 2 aliphatic heterocycles. The van der Waals surface area contributed by atoms with Crippen molar-refractivity contribution in [3.05, 3.63) is 0 Å². The van der Waals surface area contributed by atoms with Crippen LogP contribution in [0.3, 0.4) is 0 Å². The summed E-state index contributed by atoms with van der Waals surface area (Å²) in [5.41, 5.74) is 0.151. The first-order valence-electron chi connectivity index (χ1n) is 8.84. The lowest BCUT2D eigenvalue weighted by Gasteiger charge is -2.41. The summed E-state index contributed by atoms with van der Waals surface area (Å²) in [6.45, 7) is 2.52. The predicted molar refractivity (Wildman–Crippen MR) is 84.2 cm³/mol. The summed E-state index contributed by atoms with van der Waals surface area (Å²) in [4.78, 5) is 25.1. The van der Waals surface area contributed by atoms with Crippen molar-refractivity contribution in [3.8, 4) is 0 Å². The number of rotatable bonds is 5. The van der Waals surface area contributed by atoms with Gasteiger partial charge >= 0.3 is 5.97 Å². The predicted octanol–water partition coefficient (Wildman–Crippen LogP) is 0.995. The minimum absolute atomic E-state index is 0.0409. The maximum Gasteiger partial charge on any atom is 0.303 e. The van der Waals surface area contributed by atoms with E-state index in [4.69, 9.17) is 14.6 Å². The fraction of sp³-hybridized carbons (Fsp3) is 0.882. The van der Waals surface area contributed by atoms with E-state index in [0.29, 0.717) is 13.2 Å². The van der Waals surface area contributed by atoms with Crippen LogP contribution >= 0.6 is 0 Å². The van der Waals surface area contributed by atoms with Gasteiger partial charge in [0, 0.05) is 44.9 Å². The van der Waals surface area contributed by atoms with Gasteiger partial charge < -0.3 is 24.6 Å². The Kier molecular flexibility index (Phi) is 5.13. The van der Waals surface area contributed by atoms with Crippen molar-refractivity contribution in [1.82, 2.24) is 4.90 Å². The minimum Gasteiger partial charge on any atom is -0.481 e. The largest absolute Gasteiger partial charge is 0.481 e. The number of carboxylic acid groups (broad SMARTS) is 1. The highest BCUT2D eigenvalue weighted by Crippen LogP contribution is 2.49. The van der Waals surface area contributed by atoms with E-state index in [0.717, 1.165) is 45.2 Å². The van der Waals surface area contributed by atoms with Crippen molar-refractivity contribution in [1.29, 1.82) is 0 Å². The molecule has 2 heterocycles. The lowest BCUT2D eigenvalue weighted by molar-refractivity contribution is -0.190. The maximum atomic E-state index is 12.4. The zero-order valence-corrected chi connectivity index (χ0v) is 14.0. The number of nitrogens with zero attached hydrogens (tertiary/aromatic N) is 1. The highest BCUT2D eigenvalue weighted by Gasteiger charge is 2.49. The maximum absolute atomic E-state index is 12.4. The summed E-state index contributed by atoms with van der Waals surface area (Å²) in [7, 11) is 0. The molecule has 3 fully saturated rings. The van der Waals surface area contributed by atoms with Crippen molar-refractivity contribution in [3.63, 3.8) is 0 Å². The van der Waals surface area contributed by atoms with Gasteiger partial charge in [-0.25, -0.2) is 0 Å². The summed E-state index contributed by atoms with van der Waals surface area (Å²) in [6.07, 6.45) is 4.68. The van der Waals surface area contributed by atoms with Crippen LogP contribution in [0.15, 0.2) is 0 Å². The number of carbonyl (C=O) groups is 2. The van der Waals surface area contributed by atoms with Gasteiger partial charge in [0.1, 0.15) is 0 Å². The molecule has 0 aromatic carbocycles. The Labute approximate surface area is 141 Å². The van der Waals surface area contributed by atoms with Crippen LogP contribution in [-0.2, 0) is 19.1 Å². The zero-order valence-electron chi connectivity index (χ0n) is 14.0. The van der Waals surface area contributed by atoms with Gasteiger partial charge in [0.15, 0.2) is 5.79 Å². The number of carboxylic acids is 1. The van der Waals surface area contributed by atoms with E-state index >= 15 is 0 Å². The minimum atomic E-state index is -0.978. The molecule has 3 rings (SSSR count). The number of ether oxygens (including phenoxy) is 2. The van der Waals surface area contributed by atoms with E-state index in [-0.39, 0.29) is 36.6 Å². The van der Waals surface area contributed by atoms with Crippen LogP contribution in [0.1, 0.15) is 44.9 Å². The van der Waals surface area contributed by atoms with Gasteiger partial charge in [-0.2, -0.15) is 0 Å². The third kappa shape index (κ3) is 3.73. The van der Waals surface area contributed by atoms with Crippen molar-refractivity contribution >= 4 is 11.9 Å². The first-order valence-corrected chi connectivity index (χ1v) is 8.84. The van der Waals surface area contributed by atoms with Gasteiger partial charge in [0.25, 0.3) is 0 Å². The Morgan fingerprint density at radius 1 is 1.04 bits per heavy atom. The van der Waals surface area contributed by atoms with E-state index in [1.54, 1.807) is 0 Å². The quantitative estimate of drug-likeness (QED) is 0.774. The fourth-order valence-corrected chi connectivity index (χ4v) is 4.33. The highest BCUT2D eigenvalue weighted by molar-refractivity contribution is 5.77. The second kappa shape index (κ2) is 6.98. The molecule has 1 amide bonds. The molecule has 0 bridgehead atoms. The van der Waals surface area contributed by atoms with E-state index in [1.807, 2.05) is 4.90 Å². The van der Waals surface area contributed by atoms with Crippen molar-refractivity contribution in [2.75, 3.05) is 32.9 Å². The number of aliphatic hydroxyl groups excluding tert-OH is 1. The second-order valence-electron chi connectivity index (χ2n) is 7.52. The van der Waals surface area contributed by atoms with E-state index < -0.39 is 11.9 Å². The Morgan fingerprint density at radius 2 is 1.71 bits per heavy atom. The van der Waals surface area contributed by atoms with Gasteiger partial charge in [-0.05, 0) is 24.7 Å². The third-order valence-corrected chi connectivity index (χ3v) is 5.86. The average molecular weight is 341 g/mol. The molecular weight excluding hydrogens is 314 g/mol. The summed E-state index contributed by atoms with van der Waals surface area (Å²) in [5.74, 6) is -1.90. The molecule has 136 valence electrons. The van der Waals surface area contributed by atoms with Crippen molar-refractivity contribution in [2.24, 2.45) is 11.3 Å². The Balaban J connectivity index is 1.51. The zero-order chi connectivity index (χ0) is 17.2. The summed E-state index contributed by atoms with van der Waals surface area (Å²) in [5, 5.41) is 18.1. The molecule has 2 spiro atoms. The molecule has 7 heteroatoms. The number of likely N-dealkylation sites (tertiary alicyclic amines) is 1. The summed E-state index contributed by atoms with van der Waals surface area (Å²) in [6, 6.07) is 0. The molecule has 1 saturated carbocycles. The van der Waals surface area contributed by atoms with E-state index in [2.05, 4.69) is 0 Å². The van der Waals surface area contributed by atoms with E-state index in [1.165, 1.54) is 0 Å². The topological polar surface area (TPSA) is 96.3 Å². The lowest BCUT2D eigenvalue weighted by atomic mass is 9.71. The molecule has 24 heavy (non-hydrogen) atoms. The van der Waals surface area contributed by atoms with Crippen LogP contribution in [-0.4, -0.2) is 65.7 Å². The van der Waals surface area contributed by atoms with Crippen LogP contribution in [0, 0.1) is 11.3 Å². The molecule has 1 unspecified atom stereocenters. The molecule has 0 aromatic heterocycles. The first kappa shape index (κ1) is 17.6. The molecule has 0 aromatic rings. The molecular formula is C17H27NO6. The number of carbonyl (C=O) groups excluding carboxylic acids is 1. The monoisotopic (exact) mass is 341 g/mol. The molecule has 7 nitrogen and oxygen atoms in total. The number of amides is 1. The molecule has 1 aliphatic carbocycles. The van der Waals surface area contributed by atoms with E-state index in [9.17, 15) is 14.7 Å². The number of hydrogen-bond acceptors (Lipinski definition) is 5. The van der Waals surface area contributed by atoms with Crippen LogP contribution in [0.5, 0.6) is 0 Å². The Bertz CT molecular complexity index is 477. The Morgan fingerprint density at radius 3 is 2.29 bits per heavy atom. The number of aliphatic hydroxyl groups is 1. The fourth-order valence-electron chi connectivity index (χ4n) is 4.33. The van der Waals surface area contributed by atoms with Gasteiger partial charge in [-0.3, -0.25) is 9.59 Å². The molecule has 3 aliphatic rings.